The summed E-state index contributed by atoms with van der Waals surface area (Å²) in [4.78, 5) is 0. The first-order chi connectivity index (χ1) is 6.82. The molecule has 78 valence electrons. The Balaban J connectivity index is 1.94. The van der Waals surface area contributed by atoms with Crippen LogP contribution in [-0.4, -0.2) is 19.0 Å². The third kappa shape index (κ3) is 1.10. The Labute approximate surface area is 85.3 Å². The van der Waals surface area contributed by atoms with Crippen LogP contribution in [0.1, 0.15) is 39.0 Å². The van der Waals surface area contributed by atoms with E-state index in [2.05, 4.69) is 6.92 Å². The zero-order valence-corrected chi connectivity index (χ0v) is 8.84. The fraction of sp³-hybridized carbons (Fsp3) is 0.833. The minimum atomic E-state index is -0.203. The van der Waals surface area contributed by atoms with Crippen molar-refractivity contribution in [2.45, 2.75) is 44.8 Å². The van der Waals surface area contributed by atoms with Crippen molar-refractivity contribution in [3.63, 3.8) is 0 Å². The quantitative estimate of drug-likeness (QED) is 0.552. The van der Waals surface area contributed by atoms with Crippen molar-refractivity contribution in [3.05, 3.63) is 11.1 Å². The van der Waals surface area contributed by atoms with Gasteiger partial charge in [-0.3, -0.25) is 0 Å². The Hall–Kier alpha value is -0.340. The number of hydrogen-bond acceptors (Lipinski definition) is 2. The van der Waals surface area contributed by atoms with Crippen LogP contribution in [0.25, 0.3) is 0 Å². The van der Waals surface area contributed by atoms with Crippen molar-refractivity contribution in [2.75, 3.05) is 13.2 Å². The summed E-state index contributed by atoms with van der Waals surface area (Å²) in [5, 5.41) is 0. The molecule has 0 unspecified atom stereocenters. The van der Waals surface area contributed by atoms with E-state index in [1.165, 1.54) is 25.7 Å². The van der Waals surface area contributed by atoms with E-state index in [-0.39, 0.29) is 5.79 Å². The molecule has 14 heavy (non-hydrogen) atoms. The minimum Gasteiger partial charge on any atom is -0.347 e. The van der Waals surface area contributed by atoms with Gasteiger partial charge >= 0.3 is 0 Å². The Morgan fingerprint density at radius 2 is 2.00 bits per heavy atom. The summed E-state index contributed by atoms with van der Waals surface area (Å²) >= 11 is 0. The number of ether oxygens (including phenoxy) is 2. The molecule has 1 saturated carbocycles. The van der Waals surface area contributed by atoms with E-state index < -0.39 is 0 Å². The molecule has 1 saturated heterocycles. The van der Waals surface area contributed by atoms with Crippen molar-refractivity contribution in [3.8, 4) is 0 Å². The van der Waals surface area contributed by atoms with Gasteiger partial charge in [-0.1, -0.05) is 11.1 Å². The molecule has 2 aliphatic carbocycles. The summed E-state index contributed by atoms with van der Waals surface area (Å²) < 4.78 is 11.8. The van der Waals surface area contributed by atoms with Gasteiger partial charge in [0, 0.05) is 12.3 Å². The molecule has 0 radical (unpaired) electrons. The van der Waals surface area contributed by atoms with Gasteiger partial charge < -0.3 is 9.47 Å². The van der Waals surface area contributed by atoms with Crippen LogP contribution in [0, 0.1) is 5.92 Å². The summed E-state index contributed by atoms with van der Waals surface area (Å²) in [7, 11) is 0. The Bertz CT molecular complexity index is 274. The molecule has 2 nitrogen and oxygen atoms in total. The first-order valence-corrected chi connectivity index (χ1v) is 5.78. The molecule has 3 rings (SSSR count). The normalized spacial score (nSPS) is 35.4. The van der Waals surface area contributed by atoms with Crippen LogP contribution in [0.2, 0.25) is 0 Å². The molecule has 1 heterocycles. The van der Waals surface area contributed by atoms with E-state index in [0.29, 0.717) is 5.92 Å². The van der Waals surface area contributed by atoms with Crippen molar-refractivity contribution < 1.29 is 9.47 Å². The minimum absolute atomic E-state index is 0.203. The molecule has 1 atom stereocenters. The second kappa shape index (κ2) is 3.07. The molecule has 0 aromatic heterocycles. The molecule has 0 aromatic carbocycles. The van der Waals surface area contributed by atoms with Crippen molar-refractivity contribution in [1.82, 2.24) is 0 Å². The molecule has 0 amide bonds. The van der Waals surface area contributed by atoms with Crippen LogP contribution in [0.3, 0.4) is 0 Å². The zero-order chi connectivity index (χ0) is 9.60. The van der Waals surface area contributed by atoms with Crippen LogP contribution < -0.4 is 0 Å². The molecule has 2 heteroatoms. The molecular weight excluding hydrogens is 176 g/mol. The van der Waals surface area contributed by atoms with E-state index >= 15 is 0 Å². The second-order valence-corrected chi connectivity index (χ2v) is 4.76. The van der Waals surface area contributed by atoms with Crippen molar-refractivity contribution in [2.24, 2.45) is 5.92 Å². The highest BCUT2D eigenvalue weighted by molar-refractivity contribution is 5.26. The Morgan fingerprint density at radius 3 is 2.79 bits per heavy atom. The summed E-state index contributed by atoms with van der Waals surface area (Å²) in [6.07, 6.45) is 6.14. The second-order valence-electron chi connectivity index (χ2n) is 4.76. The van der Waals surface area contributed by atoms with Crippen molar-refractivity contribution in [1.29, 1.82) is 0 Å². The lowest BCUT2D eigenvalue weighted by atomic mass is 9.80. The third-order valence-electron chi connectivity index (χ3n) is 4.06. The molecule has 3 aliphatic rings. The first-order valence-electron chi connectivity index (χ1n) is 5.78. The van der Waals surface area contributed by atoms with Crippen molar-refractivity contribution >= 4 is 0 Å². The predicted octanol–water partition coefficient (Wildman–Crippen LogP) is 2.64. The van der Waals surface area contributed by atoms with Gasteiger partial charge in [-0.25, -0.2) is 0 Å². The molecule has 1 aliphatic heterocycles. The topological polar surface area (TPSA) is 18.5 Å². The van der Waals surface area contributed by atoms with Crippen LogP contribution in [0.5, 0.6) is 0 Å². The lowest BCUT2D eigenvalue weighted by Gasteiger charge is -2.39. The predicted molar refractivity (Wildman–Crippen MR) is 53.9 cm³/mol. The largest absolute Gasteiger partial charge is 0.347 e. The van der Waals surface area contributed by atoms with Gasteiger partial charge in [-0.05, 0) is 32.6 Å². The highest BCUT2D eigenvalue weighted by atomic mass is 16.7. The standard InChI is InChI=1S/C12H18O2/c1-9-4-5-11-10(9)3-2-6-12(11)13-7-8-14-12/h11H,2-8H2,1H3/t11-/m0/s1. The number of rotatable bonds is 0. The van der Waals surface area contributed by atoms with E-state index in [4.69, 9.17) is 9.47 Å². The molecule has 0 N–H and O–H groups in total. The van der Waals surface area contributed by atoms with Gasteiger partial charge in [-0.15, -0.1) is 0 Å². The van der Waals surface area contributed by atoms with Crippen LogP contribution in [-0.2, 0) is 9.47 Å². The molecule has 2 fully saturated rings. The molecule has 1 spiro atoms. The van der Waals surface area contributed by atoms with Gasteiger partial charge in [0.2, 0.25) is 0 Å². The number of fused-ring (bicyclic) bond motifs is 2. The SMILES string of the molecule is CC1=C2CCCC3(OCCO3)[C@H]2CC1. The smallest absolute Gasteiger partial charge is 0.174 e. The Morgan fingerprint density at radius 1 is 1.21 bits per heavy atom. The highest BCUT2D eigenvalue weighted by Crippen LogP contribution is 2.50. The average molecular weight is 194 g/mol. The highest BCUT2D eigenvalue weighted by Gasteiger charge is 2.49. The maximum Gasteiger partial charge on any atom is 0.174 e. The fourth-order valence-electron chi connectivity index (χ4n) is 3.38. The van der Waals surface area contributed by atoms with Gasteiger partial charge in [0.25, 0.3) is 0 Å². The van der Waals surface area contributed by atoms with E-state index in [9.17, 15) is 0 Å². The maximum absolute atomic E-state index is 5.89. The molecule has 0 aromatic rings. The number of allylic oxidation sites excluding steroid dienone is 1. The van der Waals surface area contributed by atoms with Gasteiger partial charge in [0.15, 0.2) is 5.79 Å². The monoisotopic (exact) mass is 194 g/mol. The lowest BCUT2D eigenvalue weighted by molar-refractivity contribution is -0.198. The Kier molecular flexibility index (Phi) is 1.96. The van der Waals surface area contributed by atoms with Gasteiger partial charge in [0.05, 0.1) is 13.2 Å². The molecular formula is C12H18O2. The summed E-state index contributed by atoms with van der Waals surface area (Å²) in [5.41, 5.74) is 3.26. The molecule has 0 bridgehead atoms. The van der Waals surface area contributed by atoms with Crippen LogP contribution in [0.4, 0.5) is 0 Å². The zero-order valence-electron chi connectivity index (χ0n) is 8.84. The van der Waals surface area contributed by atoms with E-state index in [0.717, 1.165) is 19.6 Å². The number of hydrogen-bond donors (Lipinski definition) is 0. The first kappa shape index (κ1) is 8.93. The maximum atomic E-state index is 5.89. The summed E-state index contributed by atoms with van der Waals surface area (Å²) in [6.45, 7) is 3.87. The fourth-order valence-corrected chi connectivity index (χ4v) is 3.38. The van der Waals surface area contributed by atoms with E-state index in [1.54, 1.807) is 11.1 Å². The summed E-state index contributed by atoms with van der Waals surface area (Å²) in [5.74, 6) is 0.379. The van der Waals surface area contributed by atoms with E-state index in [1.807, 2.05) is 0 Å². The summed E-state index contributed by atoms with van der Waals surface area (Å²) in [6, 6.07) is 0. The van der Waals surface area contributed by atoms with Gasteiger partial charge in [-0.2, -0.15) is 0 Å². The lowest BCUT2D eigenvalue weighted by Crippen LogP contribution is -2.41. The third-order valence-corrected chi connectivity index (χ3v) is 4.06. The van der Waals surface area contributed by atoms with Crippen LogP contribution >= 0.6 is 0 Å². The van der Waals surface area contributed by atoms with Gasteiger partial charge in [0.1, 0.15) is 0 Å². The average Bonchev–Trinajstić information content (AvgIpc) is 2.77. The van der Waals surface area contributed by atoms with Crippen LogP contribution in [0.15, 0.2) is 11.1 Å².